The van der Waals surface area contributed by atoms with Gasteiger partial charge in [-0.15, -0.1) is 0 Å². The average Bonchev–Trinajstić information content (AvgIpc) is 2.88. The van der Waals surface area contributed by atoms with E-state index in [1.807, 2.05) is 18.2 Å². The summed E-state index contributed by atoms with van der Waals surface area (Å²) in [6.07, 6.45) is 1.98. The number of halogens is 1. The number of hydrogen-bond acceptors (Lipinski definition) is 3. The zero-order valence-corrected chi connectivity index (χ0v) is 14.5. The molecule has 1 amide bonds. The van der Waals surface area contributed by atoms with Crippen LogP contribution in [0.25, 0.3) is 10.9 Å². The largest absolute Gasteiger partial charge is 0.480 e. The van der Waals surface area contributed by atoms with E-state index in [0.29, 0.717) is 0 Å². The van der Waals surface area contributed by atoms with Crippen LogP contribution in [0, 0.1) is 5.92 Å². The molecule has 0 saturated carbocycles. The van der Waals surface area contributed by atoms with Crippen LogP contribution in [0.3, 0.4) is 0 Å². The molecule has 6 nitrogen and oxygen atoms in total. The number of carbonyl (C=O) groups excluding carboxylic acids is 1. The number of carbonyl (C=O) groups is 2. The van der Waals surface area contributed by atoms with Crippen molar-refractivity contribution in [1.82, 2.24) is 10.3 Å². The highest BCUT2D eigenvalue weighted by Crippen LogP contribution is 2.23. The van der Waals surface area contributed by atoms with Gasteiger partial charge in [-0.1, -0.05) is 22.9 Å². The molecular weight excluding hydrogens is 364 g/mol. The third-order valence-electron chi connectivity index (χ3n) is 3.63. The molecule has 124 valence electrons. The predicted molar refractivity (Wildman–Crippen MR) is 90.3 cm³/mol. The van der Waals surface area contributed by atoms with Crippen molar-refractivity contribution in [2.24, 2.45) is 5.92 Å². The molecule has 23 heavy (non-hydrogen) atoms. The molecule has 0 saturated heterocycles. The molecule has 2 unspecified atom stereocenters. The number of fused-ring (bicyclic) bond motifs is 1. The van der Waals surface area contributed by atoms with Crippen molar-refractivity contribution < 1.29 is 19.4 Å². The Morgan fingerprint density at radius 3 is 2.83 bits per heavy atom. The smallest absolute Gasteiger partial charge is 0.326 e. The van der Waals surface area contributed by atoms with Crippen LogP contribution in [-0.4, -0.2) is 41.7 Å². The van der Waals surface area contributed by atoms with Crippen LogP contribution in [0.1, 0.15) is 12.5 Å². The molecular formula is C16H19BrN2O4. The molecule has 1 aromatic carbocycles. The molecule has 0 fully saturated rings. The van der Waals surface area contributed by atoms with Crippen molar-refractivity contribution in [3.63, 3.8) is 0 Å². The van der Waals surface area contributed by atoms with E-state index in [0.717, 1.165) is 20.9 Å². The Kier molecular flexibility index (Phi) is 5.79. The van der Waals surface area contributed by atoms with Crippen LogP contribution < -0.4 is 5.32 Å². The van der Waals surface area contributed by atoms with E-state index >= 15 is 0 Å². The summed E-state index contributed by atoms with van der Waals surface area (Å²) in [5, 5.41) is 12.9. The lowest BCUT2D eigenvalue weighted by Gasteiger charge is -2.17. The van der Waals surface area contributed by atoms with Gasteiger partial charge in [0.2, 0.25) is 5.91 Å². The van der Waals surface area contributed by atoms with Gasteiger partial charge in [-0.2, -0.15) is 0 Å². The van der Waals surface area contributed by atoms with Crippen molar-refractivity contribution >= 4 is 38.7 Å². The number of methoxy groups -OCH3 is 1. The molecule has 2 aromatic rings. The van der Waals surface area contributed by atoms with Gasteiger partial charge in [-0.25, -0.2) is 4.79 Å². The van der Waals surface area contributed by atoms with Gasteiger partial charge < -0.3 is 20.1 Å². The van der Waals surface area contributed by atoms with E-state index in [1.165, 1.54) is 7.11 Å². The summed E-state index contributed by atoms with van der Waals surface area (Å²) in [7, 11) is 1.50. The zero-order chi connectivity index (χ0) is 17.0. The number of carboxylic acids is 1. The number of carboxylic acid groups (broad SMARTS) is 1. The van der Waals surface area contributed by atoms with E-state index in [1.54, 1.807) is 13.1 Å². The lowest BCUT2D eigenvalue weighted by molar-refractivity contribution is -0.142. The molecule has 1 aromatic heterocycles. The Hall–Kier alpha value is -1.86. The molecule has 0 radical (unpaired) electrons. The highest BCUT2D eigenvalue weighted by Gasteiger charge is 2.24. The van der Waals surface area contributed by atoms with Gasteiger partial charge in [0.25, 0.3) is 0 Å². The monoisotopic (exact) mass is 382 g/mol. The van der Waals surface area contributed by atoms with Gasteiger partial charge in [0.1, 0.15) is 6.04 Å². The molecule has 2 atom stereocenters. The second-order valence-electron chi connectivity index (χ2n) is 5.46. The molecule has 0 aliphatic rings. The quantitative estimate of drug-likeness (QED) is 0.685. The third kappa shape index (κ3) is 4.33. The number of aromatic nitrogens is 1. The summed E-state index contributed by atoms with van der Waals surface area (Å²) in [6, 6.07) is 4.76. The molecule has 0 bridgehead atoms. The first kappa shape index (κ1) is 17.5. The van der Waals surface area contributed by atoms with E-state index in [-0.39, 0.29) is 18.9 Å². The molecule has 0 spiro atoms. The van der Waals surface area contributed by atoms with E-state index in [9.17, 15) is 14.7 Å². The molecule has 2 rings (SSSR count). The summed E-state index contributed by atoms with van der Waals surface area (Å²) >= 11 is 3.41. The maximum absolute atomic E-state index is 12.0. The van der Waals surface area contributed by atoms with Gasteiger partial charge in [-0.3, -0.25) is 4.79 Å². The maximum atomic E-state index is 12.0. The van der Waals surface area contributed by atoms with E-state index < -0.39 is 17.9 Å². The minimum atomic E-state index is -1.06. The minimum Gasteiger partial charge on any atom is -0.480 e. The molecule has 7 heteroatoms. The predicted octanol–water partition coefficient (Wildman–Crippen LogP) is 2.32. The summed E-state index contributed by atoms with van der Waals surface area (Å²) in [5.41, 5.74) is 1.76. The topological polar surface area (TPSA) is 91.4 Å². The average molecular weight is 383 g/mol. The number of hydrogen-bond donors (Lipinski definition) is 3. The lowest BCUT2D eigenvalue weighted by Crippen LogP contribution is -2.45. The summed E-state index contributed by atoms with van der Waals surface area (Å²) in [5.74, 6) is -1.80. The number of ether oxygens (including phenoxy) is 1. The van der Waals surface area contributed by atoms with Crippen LogP contribution in [0.5, 0.6) is 0 Å². The first-order valence-electron chi connectivity index (χ1n) is 7.20. The van der Waals surface area contributed by atoms with Crippen molar-refractivity contribution in [1.29, 1.82) is 0 Å². The van der Waals surface area contributed by atoms with Crippen LogP contribution >= 0.6 is 15.9 Å². The SMILES string of the molecule is COCC(C)C(=O)NC(Cc1c[nH]c2ccc(Br)cc12)C(=O)O. The van der Waals surface area contributed by atoms with Gasteiger partial charge >= 0.3 is 5.97 Å². The zero-order valence-electron chi connectivity index (χ0n) is 12.9. The highest BCUT2D eigenvalue weighted by molar-refractivity contribution is 9.10. The van der Waals surface area contributed by atoms with Crippen molar-refractivity contribution in [2.45, 2.75) is 19.4 Å². The van der Waals surface area contributed by atoms with Gasteiger partial charge in [0, 0.05) is 35.1 Å². The van der Waals surface area contributed by atoms with Crippen LogP contribution in [0.15, 0.2) is 28.9 Å². The Labute approximate surface area is 142 Å². The first-order valence-corrected chi connectivity index (χ1v) is 7.99. The fourth-order valence-corrected chi connectivity index (χ4v) is 2.74. The number of nitrogens with one attached hydrogen (secondary N) is 2. The Morgan fingerprint density at radius 2 is 2.17 bits per heavy atom. The molecule has 0 aliphatic carbocycles. The summed E-state index contributed by atoms with van der Waals surface area (Å²) in [4.78, 5) is 26.6. The number of rotatable bonds is 7. The van der Waals surface area contributed by atoms with Gasteiger partial charge in [0.15, 0.2) is 0 Å². The Balaban J connectivity index is 2.17. The number of aromatic amines is 1. The van der Waals surface area contributed by atoms with Gasteiger partial charge in [-0.05, 0) is 23.8 Å². The van der Waals surface area contributed by atoms with Crippen LogP contribution in [0.4, 0.5) is 0 Å². The minimum absolute atomic E-state index is 0.206. The first-order chi connectivity index (χ1) is 10.9. The molecule has 3 N–H and O–H groups in total. The number of amides is 1. The third-order valence-corrected chi connectivity index (χ3v) is 4.13. The molecule has 0 aliphatic heterocycles. The van der Waals surface area contributed by atoms with Gasteiger partial charge in [0.05, 0.1) is 12.5 Å². The van der Waals surface area contributed by atoms with Crippen molar-refractivity contribution in [2.75, 3.05) is 13.7 Å². The summed E-state index contributed by atoms with van der Waals surface area (Å²) in [6.45, 7) is 1.94. The second kappa shape index (κ2) is 7.61. The fraction of sp³-hybridized carbons (Fsp3) is 0.375. The highest BCUT2D eigenvalue weighted by atomic mass is 79.9. The number of aliphatic carboxylic acids is 1. The Bertz CT molecular complexity index is 713. The lowest BCUT2D eigenvalue weighted by atomic mass is 10.0. The maximum Gasteiger partial charge on any atom is 0.326 e. The van der Waals surface area contributed by atoms with Crippen molar-refractivity contribution in [3.05, 3.63) is 34.4 Å². The number of H-pyrrole nitrogens is 1. The fourth-order valence-electron chi connectivity index (χ4n) is 2.38. The number of benzene rings is 1. The standard InChI is InChI=1S/C16H19BrN2O4/c1-9(8-23-2)15(20)19-14(16(21)22)5-10-7-18-13-4-3-11(17)6-12(10)13/h3-4,6-7,9,14,18H,5,8H2,1-2H3,(H,19,20)(H,21,22). The second-order valence-corrected chi connectivity index (χ2v) is 6.38. The van der Waals surface area contributed by atoms with E-state index in [4.69, 9.17) is 4.74 Å². The van der Waals surface area contributed by atoms with Crippen molar-refractivity contribution in [3.8, 4) is 0 Å². The van der Waals surface area contributed by atoms with Crippen LogP contribution in [0.2, 0.25) is 0 Å². The van der Waals surface area contributed by atoms with Crippen LogP contribution in [-0.2, 0) is 20.7 Å². The Morgan fingerprint density at radius 1 is 1.43 bits per heavy atom. The molecule has 1 heterocycles. The summed E-state index contributed by atoms with van der Waals surface area (Å²) < 4.78 is 5.84. The normalized spacial score (nSPS) is 13.7. The van der Waals surface area contributed by atoms with E-state index in [2.05, 4.69) is 26.2 Å².